The zero-order valence-corrected chi connectivity index (χ0v) is 11.8. The third-order valence-corrected chi connectivity index (χ3v) is 3.32. The number of aromatic hydroxyl groups is 1. The van der Waals surface area contributed by atoms with E-state index in [2.05, 4.69) is 15.3 Å². The highest BCUT2D eigenvalue weighted by Crippen LogP contribution is 2.35. The van der Waals surface area contributed by atoms with Crippen LogP contribution in [0.2, 0.25) is 5.02 Å². The number of aromatic nitrogens is 2. The first-order valence-electron chi connectivity index (χ1n) is 6.20. The summed E-state index contributed by atoms with van der Waals surface area (Å²) >= 11 is 5.83. The normalized spacial score (nSPS) is 10.6. The van der Waals surface area contributed by atoms with Crippen molar-refractivity contribution < 1.29 is 10.0 Å². The molecule has 3 rings (SSSR count). The molecule has 2 aromatic carbocycles. The van der Waals surface area contributed by atoms with Crippen LogP contribution in [0.4, 0.5) is 17.1 Å². The van der Waals surface area contributed by atoms with Gasteiger partial charge >= 0.3 is 0 Å². The number of rotatable bonds is 3. The first-order chi connectivity index (χ1) is 10.6. The molecule has 0 amide bonds. The highest BCUT2D eigenvalue weighted by atomic mass is 35.5. The van der Waals surface area contributed by atoms with Crippen LogP contribution in [-0.2, 0) is 0 Å². The molecule has 7 nitrogen and oxygen atoms in total. The number of hydrogen-bond donors (Lipinski definition) is 2. The number of non-ortho nitro benzene ring substituents is 1. The van der Waals surface area contributed by atoms with Gasteiger partial charge in [-0.1, -0.05) is 11.6 Å². The number of halogens is 1. The van der Waals surface area contributed by atoms with Crippen molar-refractivity contribution in [2.75, 3.05) is 5.32 Å². The Morgan fingerprint density at radius 3 is 2.55 bits per heavy atom. The summed E-state index contributed by atoms with van der Waals surface area (Å²) in [6.07, 6.45) is 1.08. The molecular weight excluding hydrogens is 308 g/mol. The molecule has 0 saturated carbocycles. The fourth-order valence-electron chi connectivity index (χ4n) is 2.08. The van der Waals surface area contributed by atoms with Crippen LogP contribution < -0.4 is 5.32 Å². The summed E-state index contributed by atoms with van der Waals surface area (Å²) in [4.78, 5) is 18.1. The van der Waals surface area contributed by atoms with Crippen molar-refractivity contribution >= 4 is 39.6 Å². The van der Waals surface area contributed by atoms with Gasteiger partial charge in [0.1, 0.15) is 6.33 Å². The Morgan fingerprint density at radius 2 is 1.86 bits per heavy atom. The molecule has 0 bridgehead atoms. The summed E-state index contributed by atoms with van der Waals surface area (Å²) in [5.74, 6) is -0.329. The molecule has 0 fully saturated rings. The fourth-order valence-corrected chi connectivity index (χ4v) is 2.21. The number of nitro groups is 1. The van der Waals surface area contributed by atoms with Gasteiger partial charge in [0.05, 0.1) is 16.0 Å². The number of nitrogens with zero attached hydrogens (tertiary/aromatic N) is 3. The van der Waals surface area contributed by atoms with Gasteiger partial charge < -0.3 is 10.4 Å². The maximum absolute atomic E-state index is 11.1. The zero-order chi connectivity index (χ0) is 15.7. The molecular formula is C14H9ClN4O3. The van der Waals surface area contributed by atoms with Crippen molar-refractivity contribution in [3.8, 4) is 5.88 Å². The molecule has 0 aliphatic rings. The predicted octanol–water partition coefficient (Wildman–Crippen LogP) is 3.64. The second-order valence-electron chi connectivity index (χ2n) is 4.44. The van der Waals surface area contributed by atoms with Crippen LogP contribution in [0, 0.1) is 10.1 Å². The minimum Gasteiger partial charge on any atom is -0.493 e. The molecule has 0 unspecified atom stereocenters. The van der Waals surface area contributed by atoms with E-state index in [1.165, 1.54) is 12.1 Å². The third kappa shape index (κ3) is 2.49. The summed E-state index contributed by atoms with van der Waals surface area (Å²) in [5.41, 5.74) is 1.04. The summed E-state index contributed by atoms with van der Waals surface area (Å²) in [6.45, 7) is 0. The van der Waals surface area contributed by atoms with E-state index in [1.807, 2.05) is 0 Å². The molecule has 0 atom stereocenters. The fraction of sp³-hybridized carbons (Fsp3) is 0. The summed E-state index contributed by atoms with van der Waals surface area (Å²) < 4.78 is 0. The number of nitrogens with one attached hydrogen (secondary N) is 1. The maximum atomic E-state index is 11.1. The molecule has 110 valence electrons. The van der Waals surface area contributed by atoms with E-state index in [0.29, 0.717) is 16.4 Å². The highest BCUT2D eigenvalue weighted by molar-refractivity contribution is 6.30. The molecule has 0 saturated heterocycles. The number of benzene rings is 2. The monoisotopic (exact) mass is 316 g/mol. The SMILES string of the molecule is O=[N+]([O-])c1ccc(Nc2ccc(Cl)cc2)c2c(O)ncnc12. The first kappa shape index (κ1) is 14.0. The Kier molecular flexibility index (Phi) is 3.48. The van der Waals surface area contributed by atoms with Gasteiger partial charge in [-0.3, -0.25) is 10.1 Å². The second kappa shape index (κ2) is 5.45. The molecule has 0 spiro atoms. The van der Waals surface area contributed by atoms with E-state index in [1.54, 1.807) is 24.3 Å². The third-order valence-electron chi connectivity index (χ3n) is 3.07. The van der Waals surface area contributed by atoms with Crippen LogP contribution >= 0.6 is 11.6 Å². The minimum atomic E-state index is -0.555. The summed E-state index contributed by atoms with van der Waals surface area (Å²) in [6, 6.07) is 9.72. The van der Waals surface area contributed by atoms with Gasteiger partial charge in [0.15, 0.2) is 5.52 Å². The van der Waals surface area contributed by atoms with E-state index < -0.39 is 4.92 Å². The van der Waals surface area contributed by atoms with Crippen LogP contribution in [-0.4, -0.2) is 20.0 Å². The van der Waals surface area contributed by atoms with E-state index in [4.69, 9.17) is 11.6 Å². The van der Waals surface area contributed by atoms with Crippen molar-refractivity contribution in [2.24, 2.45) is 0 Å². The molecule has 1 heterocycles. The molecule has 0 aliphatic carbocycles. The van der Waals surface area contributed by atoms with Gasteiger partial charge in [-0.05, 0) is 30.3 Å². The van der Waals surface area contributed by atoms with E-state index in [-0.39, 0.29) is 22.5 Å². The van der Waals surface area contributed by atoms with Crippen molar-refractivity contribution in [1.29, 1.82) is 0 Å². The average Bonchev–Trinajstić information content (AvgIpc) is 2.49. The first-order valence-corrected chi connectivity index (χ1v) is 6.57. The van der Waals surface area contributed by atoms with Gasteiger partial charge in [0.2, 0.25) is 5.88 Å². The molecule has 0 radical (unpaired) electrons. The molecule has 1 aromatic heterocycles. The Hall–Kier alpha value is -2.93. The Bertz CT molecular complexity index is 868. The Balaban J connectivity index is 2.16. The van der Waals surface area contributed by atoms with Gasteiger partial charge in [-0.2, -0.15) is 0 Å². The molecule has 3 aromatic rings. The quantitative estimate of drug-likeness (QED) is 0.565. The summed E-state index contributed by atoms with van der Waals surface area (Å²) in [7, 11) is 0. The molecule has 8 heteroatoms. The minimum absolute atomic E-state index is 0.0662. The average molecular weight is 317 g/mol. The molecule has 2 N–H and O–H groups in total. The number of fused-ring (bicyclic) bond motifs is 1. The lowest BCUT2D eigenvalue weighted by Crippen LogP contribution is -1.97. The van der Waals surface area contributed by atoms with Crippen molar-refractivity contribution in [3.63, 3.8) is 0 Å². The highest BCUT2D eigenvalue weighted by Gasteiger charge is 2.19. The van der Waals surface area contributed by atoms with Crippen LogP contribution in [0.15, 0.2) is 42.7 Å². The van der Waals surface area contributed by atoms with E-state index in [0.717, 1.165) is 6.33 Å². The maximum Gasteiger partial charge on any atom is 0.295 e. The van der Waals surface area contributed by atoms with Crippen LogP contribution in [0.1, 0.15) is 0 Å². The lowest BCUT2D eigenvalue weighted by atomic mass is 10.1. The smallest absolute Gasteiger partial charge is 0.295 e. The van der Waals surface area contributed by atoms with Gasteiger partial charge in [0.25, 0.3) is 5.69 Å². The van der Waals surface area contributed by atoms with Crippen LogP contribution in [0.25, 0.3) is 10.9 Å². The lowest BCUT2D eigenvalue weighted by Gasteiger charge is -2.10. The Morgan fingerprint density at radius 1 is 1.14 bits per heavy atom. The van der Waals surface area contributed by atoms with Gasteiger partial charge in [-0.15, -0.1) is 0 Å². The van der Waals surface area contributed by atoms with Crippen LogP contribution in [0.5, 0.6) is 5.88 Å². The molecule has 22 heavy (non-hydrogen) atoms. The number of anilines is 2. The zero-order valence-electron chi connectivity index (χ0n) is 11.0. The largest absolute Gasteiger partial charge is 0.493 e. The van der Waals surface area contributed by atoms with E-state index in [9.17, 15) is 15.2 Å². The molecule has 0 aliphatic heterocycles. The van der Waals surface area contributed by atoms with Gasteiger partial charge in [0, 0.05) is 16.8 Å². The number of hydrogen-bond acceptors (Lipinski definition) is 6. The van der Waals surface area contributed by atoms with Crippen LogP contribution in [0.3, 0.4) is 0 Å². The van der Waals surface area contributed by atoms with Crippen molar-refractivity contribution in [1.82, 2.24) is 9.97 Å². The Labute approximate surface area is 129 Å². The topological polar surface area (TPSA) is 101 Å². The predicted molar refractivity (Wildman–Crippen MR) is 82.6 cm³/mol. The van der Waals surface area contributed by atoms with E-state index >= 15 is 0 Å². The van der Waals surface area contributed by atoms with Gasteiger partial charge in [-0.25, -0.2) is 9.97 Å². The standard InChI is InChI=1S/C14H9ClN4O3/c15-8-1-3-9(4-2-8)18-10-5-6-11(19(21)22)13-12(10)14(20)17-7-16-13/h1-7,18H,(H,16,17,20). The lowest BCUT2D eigenvalue weighted by molar-refractivity contribution is -0.383. The second-order valence-corrected chi connectivity index (χ2v) is 4.88. The summed E-state index contributed by atoms with van der Waals surface area (Å²) in [5, 5.41) is 24.8. The van der Waals surface area contributed by atoms with Crippen molar-refractivity contribution in [2.45, 2.75) is 0 Å². The number of nitro benzene ring substituents is 1. The van der Waals surface area contributed by atoms with Crippen molar-refractivity contribution in [3.05, 3.63) is 57.9 Å².